The zero-order chi connectivity index (χ0) is 31.6. The molecule has 44 heavy (non-hydrogen) atoms. The molecule has 0 aliphatic carbocycles. The van der Waals surface area contributed by atoms with Gasteiger partial charge in [-0.1, -0.05) is 19.9 Å². The van der Waals surface area contributed by atoms with Crippen molar-refractivity contribution >= 4 is 23.6 Å². The summed E-state index contributed by atoms with van der Waals surface area (Å²) in [5.74, 6) is -0.265. The lowest BCUT2D eigenvalue weighted by Gasteiger charge is -2.25. The van der Waals surface area contributed by atoms with Crippen LogP contribution in [0.25, 0.3) is 0 Å². The molecule has 0 unspecified atom stereocenters. The molecular weight excluding hydrogens is 568 g/mol. The molecule has 1 atom stereocenters. The quantitative estimate of drug-likeness (QED) is 0.352. The molecule has 13 nitrogen and oxygen atoms in total. The number of carbonyl (C=O) groups excluding carboxylic acids is 4. The highest BCUT2D eigenvalue weighted by atomic mass is 16.5. The second kappa shape index (κ2) is 14.9. The Kier molecular flexibility index (Phi) is 10.8. The molecule has 0 saturated heterocycles. The maximum absolute atomic E-state index is 13.4. The van der Waals surface area contributed by atoms with Gasteiger partial charge in [0.1, 0.15) is 17.5 Å². The number of fused-ring (bicyclic) bond motifs is 3. The molecule has 234 valence electrons. The molecule has 2 aromatic carbocycles. The molecular formula is C31H38N6O7. The summed E-state index contributed by atoms with van der Waals surface area (Å²) in [4.78, 5) is 60.9. The van der Waals surface area contributed by atoms with Crippen LogP contribution in [0, 0.1) is 5.92 Å². The first kappa shape index (κ1) is 31.9. The van der Waals surface area contributed by atoms with Gasteiger partial charge < -0.3 is 40.0 Å². The van der Waals surface area contributed by atoms with Crippen molar-refractivity contribution < 1.29 is 33.4 Å². The number of hydrogen-bond donors (Lipinski definition) is 4. The van der Waals surface area contributed by atoms with Gasteiger partial charge in [-0.3, -0.25) is 19.2 Å². The highest BCUT2D eigenvalue weighted by molar-refractivity contribution is 5.95. The van der Waals surface area contributed by atoms with Gasteiger partial charge in [0.05, 0.1) is 32.9 Å². The summed E-state index contributed by atoms with van der Waals surface area (Å²) >= 11 is 0. The van der Waals surface area contributed by atoms with Gasteiger partial charge in [-0.2, -0.15) is 0 Å². The lowest BCUT2D eigenvalue weighted by Crippen LogP contribution is -2.52. The van der Waals surface area contributed by atoms with Crippen LogP contribution < -0.4 is 30.2 Å². The van der Waals surface area contributed by atoms with Crippen LogP contribution in [0.4, 0.5) is 0 Å². The van der Waals surface area contributed by atoms with Gasteiger partial charge in [-0.15, -0.1) is 0 Å². The van der Waals surface area contributed by atoms with Crippen molar-refractivity contribution in [3.63, 3.8) is 0 Å². The summed E-state index contributed by atoms with van der Waals surface area (Å²) in [7, 11) is 3.01. The van der Waals surface area contributed by atoms with E-state index in [1.54, 1.807) is 36.4 Å². The maximum atomic E-state index is 13.4. The second-order valence-corrected chi connectivity index (χ2v) is 10.5. The number of carbonyl (C=O) groups is 4. The van der Waals surface area contributed by atoms with E-state index in [0.717, 1.165) is 0 Å². The van der Waals surface area contributed by atoms with E-state index < -0.39 is 23.8 Å². The van der Waals surface area contributed by atoms with E-state index in [9.17, 15) is 19.2 Å². The predicted molar refractivity (Wildman–Crippen MR) is 161 cm³/mol. The van der Waals surface area contributed by atoms with Crippen molar-refractivity contribution in [2.24, 2.45) is 5.92 Å². The number of nitrogens with zero attached hydrogens (tertiary/aromatic N) is 2. The van der Waals surface area contributed by atoms with E-state index in [-0.39, 0.29) is 37.3 Å². The Morgan fingerprint density at radius 2 is 1.82 bits per heavy atom. The van der Waals surface area contributed by atoms with Crippen molar-refractivity contribution in [1.29, 1.82) is 0 Å². The van der Waals surface area contributed by atoms with Crippen LogP contribution in [-0.4, -0.2) is 78.4 Å². The Balaban J connectivity index is 1.67. The van der Waals surface area contributed by atoms with Gasteiger partial charge in [-0.25, -0.2) is 4.98 Å². The summed E-state index contributed by atoms with van der Waals surface area (Å²) in [6, 6.07) is 9.19. The molecule has 2 heterocycles. The molecule has 0 saturated carbocycles. The molecule has 1 aromatic heterocycles. The minimum absolute atomic E-state index is 0.0167. The molecule has 0 radical (unpaired) electrons. The smallest absolute Gasteiger partial charge is 0.290 e. The monoisotopic (exact) mass is 606 g/mol. The zero-order valence-corrected chi connectivity index (χ0v) is 25.3. The second-order valence-electron chi connectivity index (χ2n) is 10.5. The number of nitrogens with one attached hydrogen (secondary N) is 4. The number of hydrogen-bond acceptors (Lipinski definition) is 8. The SMILES string of the molecule is COc1ccc2cc1Oc1cccc(OC)c1CNC(=O)[C@@H](C(C)C)NC(=O)CN(C(=O)c1ncc[nH]1)CCCCNC2=O. The average Bonchev–Trinajstić information content (AvgIpc) is 3.56. The minimum atomic E-state index is -0.875. The Hall–Kier alpha value is -5.07. The van der Waals surface area contributed by atoms with Gasteiger partial charge in [-0.05, 0) is 49.1 Å². The van der Waals surface area contributed by atoms with Crippen LogP contribution >= 0.6 is 0 Å². The number of ether oxygens (including phenoxy) is 3. The molecule has 4 amide bonds. The third-order valence-electron chi connectivity index (χ3n) is 7.12. The summed E-state index contributed by atoms with van der Waals surface area (Å²) < 4.78 is 17.3. The van der Waals surface area contributed by atoms with Gasteiger partial charge in [0.25, 0.3) is 11.8 Å². The van der Waals surface area contributed by atoms with E-state index in [1.807, 2.05) is 13.8 Å². The topological polar surface area (TPSA) is 164 Å². The molecule has 2 bridgehead atoms. The first-order valence-corrected chi connectivity index (χ1v) is 14.4. The summed E-state index contributed by atoms with van der Waals surface area (Å²) in [5.41, 5.74) is 0.901. The molecule has 4 rings (SSSR count). The Morgan fingerprint density at radius 1 is 1.02 bits per heavy atom. The lowest BCUT2D eigenvalue weighted by molar-refractivity contribution is -0.130. The van der Waals surface area contributed by atoms with Gasteiger partial charge in [0.15, 0.2) is 17.3 Å². The largest absolute Gasteiger partial charge is 0.496 e. The summed E-state index contributed by atoms with van der Waals surface area (Å²) in [6.07, 6.45) is 4.03. The Bertz CT molecular complexity index is 1470. The van der Waals surface area contributed by atoms with E-state index in [4.69, 9.17) is 14.2 Å². The average molecular weight is 607 g/mol. The van der Waals surface area contributed by atoms with E-state index in [2.05, 4.69) is 25.9 Å². The number of rotatable bonds is 4. The van der Waals surface area contributed by atoms with Crippen LogP contribution in [0.1, 0.15) is 53.2 Å². The number of benzene rings is 2. The van der Waals surface area contributed by atoms with Crippen molar-refractivity contribution in [3.05, 3.63) is 65.7 Å². The summed E-state index contributed by atoms with van der Waals surface area (Å²) in [5, 5.41) is 8.56. The standard InChI is InChI=1S/C31H38N6O7/c1-19(2)27-30(40)35-17-21-22(42-3)8-7-9-23(21)44-25-16-20(10-11-24(25)43-4)29(39)34-12-5-6-15-37(18-26(38)36-27)31(41)28-32-13-14-33-28/h7-11,13-14,16,19,27H,5-6,12,15,17-18H2,1-4H3,(H,32,33)(H,34,39)(H,35,40)(H,36,38)/t27-/m1/s1. The van der Waals surface area contributed by atoms with Crippen molar-refractivity contribution in [2.45, 2.75) is 39.3 Å². The van der Waals surface area contributed by atoms with E-state index in [1.165, 1.54) is 31.5 Å². The molecule has 1 aliphatic heterocycles. The van der Waals surface area contributed by atoms with Crippen molar-refractivity contribution in [2.75, 3.05) is 33.9 Å². The normalized spacial score (nSPS) is 17.0. The highest BCUT2D eigenvalue weighted by Crippen LogP contribution is 2.37. The summed E-state index contributed by atoms with van der Waals surface area (Å²) in [6.45, 7) is 3.95. The number of methoxy groups -OCH3 is 2. The highest BCUT2D eigenvalue weighted by Gasteiger charge is 2.27. The van der Waals surface area contributed by atoms with E-state index in [0.29, 0.717) is 53.5 Å². The fraction of sp³-hybridized carbons (Fsp3) is 0.387. The molecule has 0 spiro atoms. The van der Waals surface area contributed by atoms with Crippen LogP contribution in [0.2, 0.25) is 0 Å². The number of aromatic nitrogens is 2. The number of H-pyrrole nitrogens is 1. The molecule has 13 heteroatoms. The van der Waals surface area contributed by atoms with Crippen LogP contribution in [-0.2, 0) is 16.1 Å². The van der Waals surface area contributed by atoms with Crippen LogP contribution in [0.3, 0.4) is 0 Å². The maximum Gasteiger partial charge on any atom is 0.290 e. The third kappa shape index (κ3) is 7.85. The van der Waals surface area contributed by atoms with Gasteiger partial charge in [0.2, 0.25) is 11.8 Å². The van der Waals surface area contributed by atoms with Gasteiger partial charge in [0, 0.05) is 31.0 Å². The number of aromatic amines is 1. The molecule has 3 aromatic rings. The Morgan fingerprint density at radius 3 is 2.52 bits per heavy atom. The predicted octanol–water partition coefficient (Wildman–Crippen LogP) is 2.64. The Labute approximate surface area is 255 Å². The third-order valence-corrected chi connectivity index (χ3v) is 7.12. The first-order valence-electron chi connectivity index (χ1n) is 14.4. The fourth-order valence-corrected chi connectivity index (χ4v) is 4.75. The zero-order valence-electron chi connectivity index (χ0n) is 25.3. The van der Waals surface area contributed by atoms with Crippen LogP contribution in [0.5, 0.6) is 23.0 Å². The van der Waals surface area contributed by atoms with Gasteiger partial charge >= 0.3 is 0 Å². The molecule has 1 aliphatic rings. The number of amides is 4. The molecule has 0 fully saturated rings. The minimum Gasteiger partial charge on any atom is -0.496 e. The first-order chi connectivity index (χ1) is 21.2. The number of imidazole rings is 1. The van der Waals surface area contributed by atoms with Crippen molar-refractivity contribution in [3.8, 4) is 23.0 Å². The van der Waals surface area contributed by atoms with Crippen molar-refractivity contribution in [1.82, 2.24) is 30.8 Å². The lowest BCUT2D eigenvalue weighted by atomic mass is 10.0. The van der Waals surface area contributed by atoms with Crippen LogP contribution in [0.15, 0.2) is 48.8 Å². The molecule has 4 N–H and O–H groups in total. The van der Waals surface area contributed by atoms with E-state index >= 15 is 0 Å². The fourth-order valence-electron chi connectivity index (χ4n) is 4.75.